The van der Waals surface area contributed by atoms with Crippen LogP contribution in [0.15, 0.2) is 0 Å². The van der Waals surface area contributed by atoms with Gasteiger partial charge in [0.25, 0.3) is 0 Å². The van der Waals surface area contributed by atoms with Gasteiger partial charge in [-0.05, 0) is 0 Å². The molecule has 0 aromatic heterocycles. The van der Waals surface area contributed by atoms with Crippen LogP contribution in [0.4, 0.5) is 0 Å². The fourth-order valence-corrected chi connectivity index (χ4v) is 0. The van der Waals surface area contributed by atoms with E-state index in [4.69, 9.17) is 0 Å². The SMILES string of the molecule is [Mo+6].[O-2].[O-2].[O-2].[O-2].[O-2].[Zr+4]. The molecular weight excluding hydrogens is 267 g/mol. The van der Waals surface area contributed by atoms with Gasteiger partial charge in [-0.1, -0.05) is 0 Å². The molecule has 7 heteroatoms. The van der Waals surface area contributed by atoms with Crippen LogP contribution in [0.5, 0.6) is 0 Å². The van der Waals surface area contributed by atoms with Gasteiger partial charge in [-0.15, -0.1) is 0 Å². The van der Waals surface area contributed by atoms with E-state index >= 15 is 0 Å². The third-order valence-electron chi connectivity index (χ3n) is 0. The molecule has 0 radical (unpaired) electrons. The number of rotatable bonds is 0. The van der Waals surface area contributed by atoms with Crippen molar-refractivity contribution in [3.05, 3.63) is 0 Å². The molecule has 0 rings (SSSR count). The molecule has 0 unspecified atom stereocenters. The first kappa shape index (κ1) is 242. The van der Waals surface area contributed by atoms with Gasteiger partial charge in [0.05, 0.1) is 0 Å². The zero-order chi connectivity index (χ0) is 0. The van der Waals surface area contributed by atoms with Crippen LogP contribution < -0.4 is 0 Å². The largest absolute Gasteiger partial charge is 6.00 e. The predicted octanol–water partition coefficient (Wildman–Crippen LogP) is -0.599. The Morgan fingerprint density at radius 3 is 0.429 bits per heavy atom. The summed E-state index contributed by atoms with van der Waals surface area (Å²) in [5, 5.41) is 0. The summed E-state index contributed by atoms with van der Waals surface area (Å²) < 4.78 is 0. The van der Waals surface area contributed by atoms with Crippen molar-refractivity contribution in [2.24, 2.45) is 0 Å². The summed E-state index contributed by atoms with van der Waals surface area (Å²) in [7, 11) is 0. The van der Waals surface area contributed by atoms with E-state index in [-0.39, 0.29) is 74.6 Å². The van der Waals surface area contributed by atoms with Crippen molar-refractivity contribution in [1.82, 2.24) is 0 Å². The Kier molecular flexibility index (Phi) is 5500. The van der Waals surface area contributed by atoms with Gasteiger partial charge in [-0.25, -0.2) is 0 Å². The predicted molar refractivity (Wildman–Crippen MR) is 3.43 cm³/mol. The van der Waals surface area contributed by atoms with Crippen LogP contribution in [0.25, 0.3) is 0 Å². The van der Waals surface area contributed by atoms with E-state index in [9.17, 15) is 0 Å². The van der Waals surface area contributed by atoms with Crippen LogP contribution in [0.1, 0.15) is 0 Å². The smallest absolute Gasteiger partial charge is 2.00 e. The molecule has 0 aliphatic rings. The van der Waals surface area contributed by atoms with Crippen LogP contribution in [0, 0.1) is 0 Å². The van der Waals surface area contributed by atoms with E-state index < -0.39 is 0 Å². The minimum Gasteiger partial charge on any atom is -2.00 e. The van der Waals surface area contributed by atoms with Crippen LogP contribution in [0.3, 0.4) is 0 Å². The molecular formula is MoO5Zr. The fraction of sp³-hybridized carbons (Fsp3) is 0. The summed E-state index contributed by atoms with van der Waals surface area (Å²) in [6, 6.07) is 0. The van der Waals surface area contributed by atoms with Gasteiger partial charge >= 0.3 is 47.3 Å². The van der Waals surface area contributed by atoms with Crippen LogP contribution in [-0.4, -0.2) is 0 Å². The summed E-state index contributed by atoms with van der Waals surface area (Å²) in [6.45, 7) is 0. The number of hydrogen-bond donors (Lipinski definition) is 0. The van der Waals surface area contributed by atoms with E-state index in [1.54, 1.807) is 0 Å². The Hall–Kier alpha value is 1.37. The van der Waals surface area contributed by atoms with Crippen molar-refractivity contribution in [2.75, 3.05) is 0 Å². The zero-order valence-corrected chi connectivity index (χ0v) is 7.41. The van der Waals surface area contributed by atoms with Gasteiger partial charge in [0.1, 0.15) is 0 Å². The first-order valence-corrected chi connectivity index (χ1v) is 0. The van der Waals surface area contributed by atoms with Gasteiger partial charge in [0.2, 0.25) is 0 Å². The molecule has 0 amide bonds. The minimum atomic E-state index is 0. The molecule has 0 aliphatic heterocycles. The first-order valence-electron chi connectivity index (χ1n) is 0. The van der Waals surface area contributed by atoms with E-state index in [2.05, 4.69) is 0 Å². The molecule has 0 fully saturated rings. The molecule has 0 saturated heterocycles. The molecule has 0 atom stereocenters. The standard InChI is InChI=1S/Mo.5O.Zr/q+6;5*-2;+4. The summed E-state index contributed by atoms with van der Waals surface area (Å²) in [4.78, 5) is 0. The van der Waals surface area contributed by atoms with Crippen LogP contribution in [-0.2, 0) is 74.6 Å². The summed E-state index contributed by atoms with van der Waals surface area (Å²) in [5.41, 5.74) is 0. The average molecular weight is 267 g/mol. The first-order chi connectivity index (χ1) is 0. The molecule has 40 valence electrons. The van der Waals surface area contributed by atoms with Crippen molar-refractivity contribution in [3.63, 3.8) is 0 Å². The number of hydrogen-bond acceptors (Lipinski definition) is 0. The van der Waals surface area contributed by atoms with Crippen molar-refractivity contribution in [2.45, 2.75) is 0 Å². The Balaban J connectivity index is 0. The third kappa shape index (κ3) is 113. The molecule has 0 spiro atoms. The molecule has 7 heavy (non-hydrogen) atoms. The van der Waals surface area contributed by atoms with Gasteiger partial charge < -0.3 is 27.4 Å². The van der Waals surface area contributed by atoms with E-state index in [1.165, 1.54) is 0 Å². The Morgan fingerprint density at radius 2 is 0.429 bits per heavy atom. The molecule has 0 aromatic rings. The monoisotopic (exact) mass is 268 g/mol. The molecule has 5 nitrogen and oxygen atoms in total. The maximum Gasteiger partial charge on any atom is 6.00 e. The summed E-state index contributed by atoms with van der Waals surface area (Å²) >= 11 is 0. The van der Waals surface area contributed by atoms with Crippen LogP contribution >= 0.6 is 0 Å². The normalized spacial score (nSPS) is 0. The molecule has 0 N–H and O–H groups in total. The van der Waals surface area contributed by atoms with E-state index in [1.807, 2.05) is 0 Å². The van der Waals surface area contributed by atoms with Crippen molar-refractivity contribution >= 4 is 0 Å². The Labute approximate surface area is 74.4 Å². The second kappa shape index (κ2) is 159. The van der Waals surface area contributed by atoms with Gasteiger partial charge in [-0.3, -0.25) is 0 Å². The maximum atomic E-state index is 0. The molecule has 0 heterocycles. The van der Waals surface area contributed by atoms with Crippen molar-refractivity contribution in [1.29, 1.82) is 0 Å². The van der Waals surface area contributed by atoms with Crippen LogP contribution in [0.2, 0.25) is 0 Å². The Morgan fingerprint density at radius 1 is 0.429 bits per heavy atom. The zero-order valence-electron chi connectivity index (χ0n) is 2.95. The summed E-state index contributed by atoms with van der Waals surface area (Å²) in [6.07, 6.45) is 0. The maximum absolute atomic E-state index is 0. The fourth-order valence-electron chi connectivity index (χ4n) is 0. The van der Waals surface area contributed by atoms with E-state index in [0.717, 1.165) is 0 Å². The van der Waals surface area contributed by atoms with Gasteiger partial charge in [-0.2, -0.15) is 0 Å². The van der Waals surface area contributed by atoms with Crippen molar-refractivity contribution in [3.8, 4) is 0 Å². The quantitative estimate of drug-likeness (QED) is 0.516. The van der Waals surface area contributed by atoms with Gasteiger partial charge in [0, 0.05) is 0 Å². The van der Waals surface area contributed by atoms with E-state index in [0.29, 0.717) is 0 Å². The molecule has 0 bridgehead atoms. The van der Waals surface area contributed by atoms with Gasteiger partial charge in [0.15, 0.2) is 0 Å². The minimum absolute atomic E-state index is 0. The second-order valence-corrected chi connectivity index (χ2v) is 0. The average Bonchev–Trinajstić information content (AvgIpc) is 0. The second-order valence-electron chi connectivity index (χ2n) is 0. The van der Waals surface area contributed by atoms with Crippen molar-refractivity contribution < 1.29 is 74.6 Å². The third-order valence-corrected chi connectivity index (χ3v) is 0. The Bertz CT molecular complexity index is 8.04. The molecule has 0 aromatic carbocycles. The topological polar surface area (TPSA) is 142 Å². The summed E-state index contributed by atoms with van der Waals surface area (Å²) in [5.74, 6) is 0. The molecule has 0 saturated carbocycles. The molecule has 0 aliphatic carbocycles.